The Kier molecular flexibility index (Phi) is 6.39. The van der Waals surface area contributed by atoms with Crippen LogP contribution in [0.25, 0.3) is 0 Å². The molecule has 1 rings (SSSR count). The maximum absolute atomic E-state index is 12.9. The Hall–Kier alpha value is -1.37. The van der Waals surface area contributed by atoms with Crippen LogP contribution in [0.3, 0.4) is 0 Å². The number of alkyl halides is 3. The molecule has 1 aromatic carbocycles. The molecule has 3 nitrogen and oxygen atoms in total. The zero-order valence-corrected chi connectivity index (χ0v) is 13.0. The van der Waals surface area contributed by atoms with Crippen LogP contribution in [0.15, 0.2) is 18.2 Å². The number of carbonyl (C=O) groups excluding carboxylic acids is 1. The van der Waals surface area contributed by atoms with E-state index in [2.05, 4.69) is 10.6 Å². The summed E-state index contributed by atoms with van der Waals surface area (Å²) < 4.78 is 38.8. The predicted molar refractivity (Wildman–Crippen MR) is 80.9 cm³/mol. The molecule has 118 valence electrons. The summed E-state index contributed by atoms with van der Waals surface area (Å²) in [4.78, 5) is 11.9. The van der Waals surface area contributed by atoms with Crippen LogP contribution in [0.2, 0.25) is 0 Å². The van der Waals surface area contributed by atoms with Crippen LogP contribution in [0.5, 0.6) is 0 Å². The fraction of sp³-hybridized carbons (Fsp3) is 0.500. The first kappa shape index (κ1) is 17.7. The molecule has 7 heteroatoms. The number of rotatable bonds is 6. The highest BCUT2D eigenvalue weighted by Crippen LogP contribution is 2.35. The lowest BCUT2D eigenvalue weighted by Gasteiger charge is -2.15. The fourth-order valence-corrected chi connectivity index (χ4v) is 2.54. The minimum absolute atomic E-state index is 0.0117. The lowest BCUT2D eigenvalue weighted by Crippen LogP contribution is -2.29. The van der Waals surface area contributed by atoms with Crippen molar-refractivity contribution in [3.8, 4) is 0 Å². The molecule has 1 aromatic rings. The minimum Gasteiger partial charge on any atom is -0.388 e. The number of nitrogens with one attached hydrogen (secondary N) is 2. The van der Waals surface area contributed by atoms with Gasteiger partial charge in [-0.2, -0.15) is 24.9 Å². The van der Waals surface area contributed by atoms with E-state index >= 15 is 0 Å². The molecule has 21 heavy (non-hydrogen) atoms. The number of halogens is 3. The third-order valence-corrected chi connectivity index (χ3v) is 3.82. The SMILES string of the molecule is CNc1ccc(C(=O)NCC(C)CSC)cc1C(F)(F)F. The van der Waals surface area contributed by atoms with Crippen molar-refractivity contribution in [2.45, 2.75) is 13.1 Å². The fourth-order valence-electron chi connectivity index (χ4n) is 1.85. The molecule has 0 spiro atoms. The van der Waals surface area contributed by atoms with Crippen LogP contribution in [0.1, 0.15) is 22.8 Å². The van der Waals surface area contributed by atoms with Gasteiger partial charge in [-0.25, -0.2) is 0 Å². The van der Waals surface area contributed by atoms with Crippen molar-refractivity contribution >= 4 is 23.4 Å². The van der Waals surface area contributed by atoms with Crippen molar-refractivity contribution in [1.29, 1.82) is 0 Å². The molecule has 0 fully saturated rings. The van der Waals surface area contributed by atoms with Crippen molar-refractivity contribution in [1.82, 2.24) is 5.32 Å². The Morgan fingerprint density at radius 3 is 2.57 bits per heavy atom. The van der Waals surface area contributed by atoms with E-state index in [0.29, 0.717) is 6.54 Å². The predicted octanol–water partition coefficient (Wildman–Crippen LogP) is 3.48. The molecular formula is C14H19F3N2OS. The van der Waals surface area contributed by atoms with E-state index in [1.165, 1.54) is 19.2 Å². The second kappa shape index (κ2) is 7.59. The van der Waals surface area contributed by atoms with Gasteiger partial charge in [0.25, 0.3) is 5.91 Å². The summed E-state index contributed by atoms with van der Waals surface area (Å²) in [7, 11) is 1.41. The average Bonchev–Trinajstić information content (AvgIpc) is 2.43. The molecule has 0 heterocycles. The average molecular weight is 320 g/mol. The van der Waals surface area contributed by atoms with Gasteiger partial charge in [0, 0.05) is 24.8 Å². The molecular weight excluding hydrogens is 301 g/mol. The molecule has 0 aliphatic heterocycles. The maximum Gasteiger partial charge on any atom is 0.418 e. The molecule has 0 saturated heterocycles. The number of thioether (sulfide) groups is 1. The smallest absolute Gasteiger partial charge is 0.388 e. The molecule has 0 bridgehead atoms. The standard InChI is InChI=1S/C14H19F3N2OS/c1-9(8-21-3)7-19-13(20)10-4-5-12(18-2)11(6-10)14(15,16)17/h4-6,9,18H,7-8H2,1-3H3,(H,19,20). The zero-order valence-electron chi connectivity index (χ0n) is 12.2. The molecule has 0 aliphatic rings. The first-order chi connectivity index (χ1) is 9.79. The van der Waals surface area contributed by atoms with Gasteiger partial charge in [0.05, 0.1) is 5.56 Å². The van der Waals surface area contributed by atoms with Crippen LogP contribution in [0, 0.1) is 5.92 Å². The molecule has 0 aromatic heterocycles. The minimum atomic E-state index is -4.50. The Morgan fingerprint density at radius 2 is 2.05 bits per heavy atom. The van der Waals surface area contributed by atoms with Gasteiger partial charge in [-0.15, -0.1) is 0 Å². The second-order valence-corrected chi connectivity index (χ2v) is 5.69. The quantitative estimate of drug-likeness (QED) is 0.843. The van der Waals surface area contributed by atoms with E-state index < -0.39 is 17.6 Å². The van der Waals surface area contributed by atoms with E-state index in [1.54, 1.807) is 11.8 Å². The molecule has 1 atom stereocenters. The summed E-state index contributed by atoms with van der Waals surface area (Å²) in [6.07, 6.45) is -2.54. The molecule has 0 saturated carbocycles. The summed E-state index contributed by atoms with van der Waals surface area (Å²) in [6, 6.07) is 3.53. The third-order valence-electron chi connectivity index (χ3n) is 2.92. The van der Waals surface area contributed by atoms with Gasteiger partial charge in [-0.05, 0) is 36.1 Å². The van der Waals surface area contributed by atoms with Crippen LogP contribution < -0.4 is 10.6 Å². The molecule has 0 aliphatic carbocycles. The number of benzene rings is 1. The third kappa shape index (κ3) is 5.15. The first-order valence-electron chi connectivity index (χ1n) is 6.45. The topological polar surface area (TPSA) is 41.1 Å². The van der Waals surface area contributed by atoms with Crippen molar-refractivity contribution in [3.63, 3.8) is 0 Å². The van der Waals surface area contributed by atoms with E-state index in [1.807, 2.05) is 13.2 Å². The van der Waals surface area contributed by atoms with Crippen molar-refractivity contribution in [2.24, 2.45) is 5.92 Å². The highest BCUT2D eigenvalue weighted by atomic mass is 32.2. The van der Waals surface area contributed by atoms with Crippen LogP contribution in [0.4, 0.5) is 18.9 Å². The van der Waals surface area contributed by atoms with E-state index in [-0.39, 0.29) is 17.2 Å². The van der Waals surface area contributed by atoms with Gasteiger partial charge in [0.2, 0.25) is 0 Å². The Labute approximate surface area is 126 Å². The summed E-state index contributed by atoms with van der Waals surface area (Å²) in [5, 5.41) is 5.14. The highest BCUT2D eigenvalue weighted by Gasteiger charge is 2.34. The number of hydrogen-bond acceptors (Lipinski definition) is 3. The Balaban J connectivity index is 2.86. The molecule has 0 radical (unpaired) electrons. The van der Waals surface area contributed by atoms with Crippen LogP contribution in [-0.4, -0.2) is 31.5 Å². The molecule has 2 N–H and O–H groups in total. The van der Waals surface area contributed by atoms with Crippen LogP contribution in [-0.2, 0) is 6.18 Å². The summed E-state index contributed by atoms with van der Waals surface area (Å²) in [6.45, 7) is 2.41. The van der Waals surface area contributed by atoms with Gasteiger partial charge in [-0.3, -0.25) is 4.79 Å². The van der Waals surface area contributed by atoms with Crippen molar-refractivity contribution in [2.75, 3.05) is 30.9 Å². The Bertz CT molecular complexity index is 492. The summed E-state index contributed by atoms with van der Waals surface area (Å²) in [5.74, 6) is 0.658. The maximum atomic E-state index is 12.9. The van der Waals surface area contributed by atoms with Crippen molar-refractivity contribution in [3.05, 3.63) is 29.3 Å². The summed E-state index contributed by atoms with van der Waals surface area (Å²) >= 11 is 1.66. The molecule has 1 unspecified atom stereocenters. The van der Waals surface area contributed by atoms with Gasteiger partial charge in [0.1, 0.15) is 0 Å². The van der Waals surface area contributed by atoms with Gasteiger partial charge in [-0.1, -0.05) is 6.92 Å². The summed E-state index contributed by atoms with van der Waals surface area (Å²) in [5.41, 5.74) is -0.873. The number of amides is 1. The lowest BCUT2D eigenvalue weighted by atomic mass is 10.1. The second-order valence-electron chi connectivity index (χ2n) is 4.78. The van der Waals surface area contributed by atoms with Crippen molar-refractivity contribution < 1.29 is 18.0 Å². The number of anilines is 1. The monoisotopic (exact) mass is 320 g/mol. The van der Waals surface area contributed by atoms with Crippen LogP contribution >= 0.6 is 11.8 Å². The first-order valence-corrected chi connectivity index (χ1v) is 7.85. The lowest BCUT2D eigenvalue weighted by molar-refractivity contribution is -0.136. The molecule has 1 amide bonds. The number of hydrogen-bond donors (Lipinski definition) is 2. The van der Waals surface area contributed by atoms with Gasteiger partial charge >= 0.3 is 6.18 Å². The van der Waals surface area contributed by atoms with E-state index in [4.69, 9.17) is 0 Å². The highest BCUT2D eigenvalue weighted by molar-refractivity contribution is 7.98. The largest absolute Gasteiger partial charge is 0.418 e. The van der Waals surface area contributed by atoms with Gasteiger partial charge < -0.3 is 10.6 Å². The number of carbonyl (C=O) groups is 1. The normalized spacial score (nSPS) is 12.9. The van der Waals surface area contributed by atoms with E-state index in [0.717, 1.165) is 11.8 Å². The zero-order chi connectivity index (χ0) is 16.0. The van der Waals surface area contributed by atoms with E-state index in [9.17, 15) is 18.0 Å². The Morgan fingerprint density at radius 1 is 1.38 bits per heavy atom. The van der Waals surface area contributed by atoms with Gasteiger partial charge in [0.15, 0.2) is 0 Å².